The van der Waals surface area contributed by atoms with Gasteiger partial charge in [-0.25, -0.2) is 0 Å². The molecule has 0 bridgehead atoms. The van der Waals surface area contributed by atoms with Crippen LogP contribution >= 0.6 is 0 Å². The number of anilines is 1. The fraction of sp³-hybridized carbons (Fsp3) is 0.300. The van der Waals surface area contributed by atoms with E-state index < -0.39 is 0 Å². The second-order valence-electron chi connectivity index (χ2n) is 2.96. The minimum Gasteiger partial charge on any atom is -0.346 e. The molecule has 74 valence electrons. The van der Waals surface area contributed by atoms with Crippen LogP contribution in [0.3, 0.4) is 0 Å². The smallest absolute Gasteiger partial charge is 0.211 e. The summed E-state index contributed by atoms with van der Waals surface area (Å²) in [4.78, 5) is 10.2. The second kappa shape index (κ2) is 4.21. The van der Waals surface area contributed by atoms with E-state index in [9.17, 15) is 4.79 Å². The minimum absolute atomic E-state index is 0.289. The van der Waals surface area contributed by atoms with E-state index in [4.69, 9.17) is 9.47 Å². The third-order valence-electron chi connectivity index (χ3n) is 2.01. The summed E-state index contributed by atoms with van der Waals surface area (Å²) in [6.45, 7) is 1.24. The van der Waals surface area contributed by atoms with Gasteiger partial charge in [0.2, 0.25) is 6.41 Å². The molecule has 1 N–H and O–H groups in total. The molecule has 4 nitrogen and oxygen atoms in total. The summed E-state index contributed by atoms with van der Waals surface area (Å²) in [5, 5.41) is 2.58. The van der Waals surface area contributed by atoms with Crippen LogP contribution in [0.2, 0.25) is 0 Å². The molecule has 0 aromatic heterocycles. The average Bonchev–Trinajstić information content (AvgIpc) is 2.71. The zero-order chi connectivity index (χ0) is 9.80. The molecule has 14 heavy (non-hydrogen) atoms. The summed E-state index contributed by atoms with van der Waals surface area (Å²) in [7, 11) is 0. The largest absolute Gasteiger partial charge is 0.346 e. The lowest BCUT2D eigenvalue weighted by molar-refractivity contribution is -0.105. The molecule has 1 aliphatic heterocycles. The van der Waals surface area contributed by atoms with Gasteiger partial charge in [0, 0.05) is 11.3 Å². The van der Waals surface area contributed by atoms with Crippen LogP contribution in [-0.2, 0) is 14.3 Å². The van der Waals surface area contributed by atoms with Crippen LogP contribution in [-0.4, -0.2) is 19.6 Å². The van der Waals surface area contributed by atoms with Gasteiger partial charge in [-0.05, 0) is 12.1 Å². The second-order valence-corrected chi connectivity index (χ2v) is 2.96. The minimum atomic E-state index is -0.289. The quantitative estimate of drug-likeness (QED) is 0.736. The molecule has 0 spiro atoms. The summed E-state index contributed by atoms with van der Waals surface area (Å²) < 4.78 is 10.7. The van der Waals surface area contributed by atoms with Crippen LogP contribution in [0.25, 0.3) is 0 Å². The Morgan fingerprint density at radius 2 is 2.14 bits per heavy atom. The van der Waals surface area contributed by atoms with E-state index in [1.54, 1.807) is 0 Å². The molecule has 0 aliphatic carbocycles. The van der Waals surface area contributed by atoms with Gasteiger partial charge in [-0.1, -0.05) is 12.1 Å². The van der Waals surface area contributed by atoms with Gasteiger partial charge in [0.1, 0.15) is 0 Å². The van der Waals surface area contributed by atoms with Crippen molar-refractivity contribution in [3.63, 3.8) is 0 Å². The summed E-state index contributed by atoms with van der Waals surface area (Å²) >= 11 is 0. The molecule has 1 saturated heterocycles. The molecule has 1 aromatic carbocycles. The van der Waals surface area contributed by atoms with Gasteiger partial charge in [-0.3, -0.25) is 4.79 Å². The van der Waals surface area contributed by atoms with Crippen molar-refractivity contribution in [1.82, 2.24) is 0 Å². The Balaban J connectivity index is 2.16. The number of carbonyl (C=O) groups excluding carboxylic acids is 1. The lowest BCUT2D eigenvalue weighted by Gasteiger charge is -2.10. The van der Waals surface area contributed by atoms with Gasteiger partial charge in [0.15, 0.2) is 6.29 Å². The van der Waals surface area contributed by atoms with Crippen molar-refractivity contribution in [2.45, 2.75) is 6.29 Å². The first-order valence-electron chi connectivity index (χ1n) is 4.43. The van der Waals surface area contributed by atoms with E-state index in [0.29, 0.717) is 19.6 Å². The van der Waals surface area contributed by atoms with E-state index in [-0.39, 0.29) is 6.29 Å². The highest BCUT2D eigenvalue weighted by molar-refractivity contribution is 5.71. The third kappa shape index (κ3) is 1.92. The highest BCUT2D eigenvalue weighted by Gasteiger charge is 2.17. The number of rotatable bonds is 3. The van der Waals surface area contributed by atoms with Crippen molar-refractivity contribution in [2.75, 3.05) is 18.5 Å². The van der Waals surface area contributed by atoms with Crippen LogP contribution in [0.4, 0.5) is 5.69 Å². The van der Waals surface area contributed by atoms with Crippen LogP contribution in [0.1, 0.15) is 11.9 Å². The number of amides is 1. The van der Waals surface area contributed by atoms with Gasteiger partial charge >= 0.3 is 0 Å². The fourth-order valence-electron chi connectivity index (χ4n) is 1.39. The molecule has 1 heterocycles. The standard InChI is InChI=1S/C10H11NO3/c12-7-11-9-3-1-2-8(6-9)10-13-4-5-14-10/h1-3,6-7,10H,4-5H2,(H,11,12). The van der Waals surface area contributed by atoms with Crippen LogP contribution in [0, 0.1) is 0 Å². The zero-order valence-electron chi connectivity index (χ0n) is 7.60. The van der Waals surface area contributed by atoms with Crippen molar-refractivity contribution in [2.24, 2.45) is 0 Å². The number of benzene rings is 1. The van der Waals surface area contributed by atoms with E-state index in [1.165, 1.54) is 0 Å². The van der Waals surface area contributed by atoms with Crippen molar-refractivity contribution >= 4 is 12.1 Å². The monoisotopic (exact) mass is 193 g/mol. The number of carbonyl (C=O) groups is 1. The Labute approximate surface area is 81.8 Å². The maximum absolute atomic E-state index is 10.2. The van der Waals surface area contributed by atoms with E-state index in [2.05, 4.69) is 5.32 Å². The first-order valence-corrected chi connectivity index (χ1v) is 4.43. The summed E-state index contributed by atoms with van der Waals surface area (Å²) in [6.07, 6.45) is 0.360. The van der Waals surface area contributed by atoms with Gasteiger partial charge in [-0.2, -0.15) is 0 Å². The van der Waals surface area contributed by atoms with E-state index >= 15 is 0 Å². The number of ether oxygens (including phenoxy) is 2. The molecule has 1 aromatic rings. The lowest BCUT2D eigenvalue weighted by Crippen LogP contribution is -2.00. The topological polar surface area (TPSA) is 47.6 Å². The predicted octanol–water partition coefficient (Wildman–Crippen LogP) is 1.30. The fourth-order valence-corrected chi connectivity index (χ4v) is 1.39. The Bertz CT molecular complexity index is 321. The van der Waals surface area contributed by atoms with Crippen LogP contribution < -0.4 is 5.32 Å². The summed E-state index contributed by atoms with van der Waals surface area (Å²) in [5.74, 6) is 0. The van der Waals surface area contributed by atoms with Crippen LogP contribution in [0.15, 0.2) is 24.3 Å². The summed E-state index contributed by atoms with van der Waals surface area (Å²) in [6, 6.07) is 7.41. The molecule has 1 aliphatic rings. The van der Waals surface area contributed by atoms with Gasteiger partial charge in [-0.15, -0.1) is 0 Å². The predicted molar refractivity (Wildman–Crippen MR) is 50.8 cm³/mol. The van der Waals surface area contributed by atoms with E-state index in [1.807, 2.05) is 24.3 Å². The number of hydrogen-bond donors (Lipinski definition) is 1. The summed E-state index contributed by atoms with van der Waals surface area (Å²) in [5.41, 5.74) is 1.67. The van der Waals surface area contributed by atoms with Crippen molar-refractivity contribution in [3.8, 4) is 0 Å². The molecule has 0 saturated carbocycles. The number of hydrogen-bond acceptors (Lipinski definition) is 3. The van der Waals surface area contributed by atoms with Crippen molar-refractivity contribution in [1.29, 1.82) is 0 Å². The Morgan fingerprint density at radius 1 is 1.36 bits per heavy atom. The Morgan fingerprint density at radius 3 is 2.86 bits per heavy atom. The van der Waals surface area contributed by atoms with Gasteiger partial charge in [0.05, 0.1) is 13.2 Å². The Hall–Kier alpha value is -1.39. The molecule has 1 amide bonds. The third-order valence-corrected chi connectivity index (χ3v) is 2.01. The normalized spacial score (nSPS) is 16.9. The molecular formula is C10H11NO3. The highest BCUT2D eigenvalue weighted by Crippen LogP contribution is 2.24. The SMILES string of the molecule is O=CNc1cccc(C2OCCO2)c1. The molecule has 4 heteroatoms. The zero-order valence-corrected chi connectivity index (χ0v) is 7.60. The molecule has 0 atom stereocenters. The Kier molecular flexibility index (Phi) is 2.76. The molecular weight excluding hydrogens is 182 g/mol. The average molecular weight is 193 g/mol. The number of nitrogens with one attached hydrogen (secondary N) is 1. The van der Waals surface area contributed by atoms with Gasteiger partial charge < -0.3 is 14.8 Å². The highest BCUT2D eigenvalue weighted by atomic mass is 16.7. The first-order chi connectivity index (χ1) is 6.90. The van der Waals surface area contributed by atoms with Crippen LogP contribution in [0.5, 0.6) is 0 Å². The van der Waals surface area contributed by atoms with Crippen molar-refractivity contribution in [3.05, 3.63) is 29.8 Å². The molecule has 0 unspecified atom stereocenters. The van der Waals surface area contributed by atoms with Gasteiger partial charge in [0.25, 0.3) is 0 Å². The lowest BCUT2D eigenvalue weighted by atomic mass is 10.2. The van der Waals surface area contributed by atoms with Crippen molar-refractivity contribution < 1.29 is 14.3 Å². The molecule has 0 radical (unpaired) electrons. The maximum atomic E-state index is 10.2. The molecule has 1 fully saturated rings. The molecule has 2 rings (SSSR count). The van der Waals surface area contributed by atoms with E-state index in [0.717, 1.165) is 11.3 Å². The first kappa shape index (κ1) is 9.18. The maximum Gasteiger partial charge on any atom is 0.211 e.